The number of nitrogens with one attached hydrogen (secondary N) is 2. The average molecular weight is 384 g/mol. The molecule has 0 bridgehead atoms. The van der Waals surface area contributed by atoms with Crippen LogP contribution in [0.4, 0.5) is 10.8 Å². The lowest BCUT2D eigenvalue weighted by Crippen LogP contribution is -2.24. The molecule has 3 rings (SSSR count). The standard InChI is InChI=1S/C18H16N4O4S/c1-26-14-5-3-12(4-6-14)20-16(24)8-13-10-27-18(21-13)22-17(25)11-2-7-15(23)19-9-11/h2-7,9-11H,8H2,1H3,(H,20,24)(H,21,22,25). The van der Waals surface area contributed by atoms with Gasteiger partial charge in [0, 0.05) is 23.4 Å². The third-order valence-corrected chi connectivity index (χ3v) is 4.42. The number of hydrogen-bond acceptors (Lipinski definition) is 6. The highest BCUT2D eigenvalue weighted by molar-refractivity contribution is 7.14. The number of amides is 3. The molecule has 2 N–H and O–H groups in total. The van der Waals surface area contributed by atoms with Crippen molar-refractivity contribution in [3.8, 4) is 5.75 Å². The van der Waals surface area contributed by atoms with E-state index in [4.69, 9.17) is 4.74 Å². The normalized spacial score (nSPS) is 15.4. The largest absolute Gasteiger partial charge is 0.497 e. The summed E-state index contributed by atoms with van der Waals surface area (Å²) in [7, 11) is 1.57. The number of hydrogen-bond donors (Lipinski definition) is 2. The summed E-state index contributed by atoms with van der Waals surface area (Å²) in [5.41, 5.74) is 1.20. The Balaban J connectivity index is 1.53. The first-order chi connectivity index (χ1) is 13.0. The van der Waals surface area contributed by atoms with E-state index in [1.54, 1.807) is 36.8 Å². The van der Waals surface area contributed by atoms with Crippen LogP contribution in [0.1, 0.15) is 5.69 Å². The van der Waals surface area contributed by atoms with E-state index < -0.39 is 11.8 Å². The van der Waals surface area contributed by atoms with E-state index in [1.807, 2.05) is 0 Å². The number of carbonyl (C=O) groups excluding carboxylic acids is 3. The van der Waals surface area contributed by atoms with Crippen molar-refractivity contribution in [2.75, 3.05) is 17.7 Å². The monoisotopic (exact) mass is 384 g/mol. The quantitative estimate of drug-likeness (QED) is 0.792. The zero-order valence-corrected chi connectivity index (χ0v) is 15.2. The Morgan fingerprint density at radius 3 is 2.67 bits per heavy atom. The van der Waals surface area contributed by atoms with Crippen LogP contribution < -0.4 is 15.4 Å². The van der Waals surface area contributed by atoms with Gasteiger partial charge in [0.25, 0.3) is 5.91 Å². The van der Waals surface area contributed by atoms with Gasteiger partial charge in [0.15, 0.2) is 5.13 Å². The molecule has 9 heteroatoms. The zero-order valence-electron chi connectivity index (χ0n) is 14.3. The number of thiazole rings is 1. The van der Waals surface area contributed by atoms with Crippen LogP contribution in [0.15, 0.2) is 46.8 Å². The molecule has 0 fully saturated rings. The Morgan fingerprint density at radius 2 is 2.00 bits per heavy atom. The van der Waals surface area contributed by atoms with Gasteiger partial charge in [-0.2, -0.15) is 0 Å². The van der Waals surface area contributed by atoms with Crippen molar-refractivity contribution in [3.63, 3.8) is 0 Å². The van der Waals surface area contributed by atoms with Crippen LogP contribution in [0.2, 0.25) is 0 Å². The van der Waals surface area contributed by atoms with Crippen LogP contribution >= 0.6 is 11.3 Å². The maximum Gasteiger partial charge on any atom is 0.269 e. The van der Waals surface area contributed by atoms with Gasteiger partial charge in [0.2, 0.25) is 11.8 Å². The van der Waals surface area contributed by atoms with Crippen LogP contribution in [0.3, 0.4) is 0 Å². The number of nitrogens with zero attached hydrogens (tertiary/aromatic N) is 2. The van der Waals surface area contributed by atoms with Crippen LogP contribution in [0.5, 0.6) is 5.75 Å². The molecule has 0 aliphatic carbocycles. The van der Waals surface area contributed by atoms with Gasteiger partial charge in [0.1, 0.15) is 5.75 Å². The fourth-order valence-corrected chi connectivity index (χ4v) is 2.98. The summed E-state index contributed by atoms with van der Waals surface area (Å²) in [4.78, 5) is 43.0. The molecule has 1 aliphatic rings. The summed E-state index contributed by atoms with van der Waals surface area (Å²) in [6.45, 7) is 0. The zero-order chi connectivity index (χ0) is 19.2. The maximum absolute atomic E-state index is 12.1. The van der Waals surface area contributed by atoms with Crippen molar-refractivity contribution < 1.29 is 19.1 Å². The van der Waals surface area contributed by atoms with Crippen molar-refractivity contribution in [3.05, 3.63) is 47.5 Å². The van der Waals surface area contributed by atoms with Crippen molar-refractivity contribution in [2.45, 2.75) is 6.42 Å². The Bertz CT molecular complexity index is 902. The molecule has 1 aromatic heterocycles. The predicted molar refractivity (Wildman–Crippen MR) is 102 cm³/mol. The van der Waals surface area contributed by atoms with E-state index in [9.17, 15) is 14.4 Å². The Hall–Kier alpha value is -3.33. The van der Waals surface area contributed by atoms with Gasteiger partial charge in [-0.05, 0) is 24.3 Å². The van der Waals surface area contributed by atoms with E-state index in [-0.39, 0.29) is 18.2 Å². The SMILES string of the molecule is COc1ccc(NC(=O)Cc2csc(NC(=O)C3C=CC(=O)N=C3)n2)cc1. The van der Waals surface area contributed by atoms with Crippen molar-refractivity contribution >= 4 is 46.1 Å². The summed E-state index contributed by atoms with van der Waals surface area (Å²) in [6, 6.07) is 6.99. The Kier molecular flexibility index (Phi) is 5.72. The van der Waals surface area contributed by atoms with Crippen molar-refractivity contribution in [1.29, 1.82) is 0 Å². The fourth-order valence-electron chi connectivity index (χ4n) is 2.27. The molecule has 27 heavy (non-hydrogen) atoms. The number of aromatic nitrogens is 1. The number of anilines is 2. The fraction of sp³-hybridized carbons (Fsp3) is 0.167. The third kappa shape index (κ3) is 5.08. The second kappa shape index (κ2) is 8.37. The lowest BCUT2D eigenvalue weighted by atomic mass is 10.1. The first-order valence-electron chi connectivity index (χ1n) is 7.99. The van der Waals surface area contributed by atoms with Crippen LogP contribution in [0, 0.1) is 5.92 Å². The van der Waals surface area contributed by atoms with Gasteiger partial charge in [-0.3, -0.25) is 14.4 Å². The molecular weight excluding hydrogens is 368 g/mol. The number of dihydropyridines is 1. The van der Waals surface area contributed by atoms with Crippen LogP contribution in [-0.4, -0.2) is 36.0 Å². The highest BCUT2D eigenvalue weighted by Gasteiger charge is 2.18. The molecule has 0 spiro atoms. The van der Waals surface area contributed by atoms with E-state index >= 15 is 0 Å². The average Bonchev–Trinajstić information content (AvgIpc) is 3.09. The van der Waals surface area contributed by atoms with Gasteiger partial charge in [-0.15, -0.1) is 11.3 Å². The maximum atomic E-state index is 12.1. The first-order valence-corrected chi connectivity index (χ1v) is 8.87. The molecular formula is C18H16N4O4S. The minimum atomic E-state index is -0.617. The van der Waals surface area contributed by atoms with Gasteiger partial charge in [0.05, 0.1) is 25.1 Å². The third-order valence-electron chi connectivity index (χ3n) is 3.61. The molecule has 0 radical (unpaired) electrons. The molecule has 2 heterocycles. The minimum absolute atomic E-state index is 0.0810. The van der Waals surface area contributed by atoms with Gasteiger partial charge < -0.3 is 15.4 Å². The summed E-state index contributed by atoms with van der Waals surface area (Å²) in [6.07, 6.45) is 4.09. The van der Waals surface area contributed by atoms with Crippen molar-refractivity contribution in [1.82, 2.24) is 4.98 Å². The summed E-state index contributed by atoms with van der Waals surface area (Å²) >= 11 is 1.22. The lowest BCUT2D eigenvalue weighted by Gasteiger charge is -2.08. The molecule has 138 valence electrons. The Labute approximate surface area is 159 Å². The number of carbonyl (C=O) groups is 3. The molecule has 0 saturated heterocycles. The number of benzene rings is 1. The van der Waals surface area contributed by atoms with E-state index in [1.165, 1.54) is 29.7 Å². The summed E-state index contributed by atoms with van der Waals surface area (Å²) in [5.74, 6) is -0.864. The molecule has 3 amide bonds. The highest BCUT2D eigenvalue weighted by Crippen LogP contribution is 2.19. The molecule has 2 aromatic rings. The highest BCUT2D eigenvalue weighted by atomic mass is 32.1. The molecule has 1 atom stereocenters. The van der Waals surface area contributed by atoms with Crippen LogP contribution in [0.25, 0.3) is 0 Å². The van der Waals surface area contributed by atoms with Gasteiger partial charge in [-0.1, -0.05) is 6.08 Å². The lowest BCUT2D eigenvalue weighted by molar-refractivity contribution is -0.117. The summed E-state index contributed by atoms with van der Waals surface area (Å²) < 4.78 is 5.07. The van der Waals surface area contributed by atoms with E-state index in [0.717, 1.165) is 0 Å². The van der Waals surface area contributed by atoms with Crippen LogP contribution in [-0.2, 0) is 20.8 Å². The molecule has 1 unspecified atom stereocenters. The van der Waals surface area contributed by atoms with Gasteiger partial charge in [-0.25, -0.2) is 9.98 Å². The Morgan fingerprint density at radius 1 is 1.22 bits per heavy atom. The number of methoxy groups -OCH3 is 1. The second-order valence-corrected chi connectivity index (χ2v) is 6.45. The minimum Gasteiger partial charge on any atom is -0.497 e. The summed E-state index contributed by atoms with van der Waals surface area (Å²) in [5, 5.41) is 7.51. The first kappa shape index (κ1) is 18.5. The molecule has 1 aliphatic heterocycles. The number of rotatable bonds is 6. The number of ether oxygens (including phenoxy) is 1. The number of aliphatic imine (C=N–C) groups is 1. The van der Waals surface area contributed by atoms with Gasteiger partial charge >= 0.3 is 0 Å². The van der Waals surface area contributed by atoms with E-state index in [0.29, 0.717) is 22.3 Å². The predicted octanol–water partition coefficient (Wildman–Crippen LogP) is 2.05. The molecule has 0 saturated carbocycles. The molecule has 1 aromatic carbocycles. The smallest absolute Gasteiger partial charge is 0.269 e. The van der Waals surface area contributed by atoms with Crippen molar-refractivity contribution in [2.24, 2.45) is 10.9 Å². The second-order valence-electron chi connectivity index (χ2n) is 5.59. The molecule has 8 nitrogen and oxygen atoms in total. The topological polar surface area (TPSA) is 110 Å². The van der Waals surface area contributed by atoms with E-state index in [2.05, 4.69) is 20.6 Å².